The second kappa shape index (κ2) is 10.7. The molecule has 2 atom stereocenters. The van der Waals surface area contributed by atoms with Crippen LogP contribution in [0.3, 0.4) is 0 Å². The van der Waals surface area contributed by atoms with Crippen molar-refractivity contribution in [1.29, 1.82) is 0 Å². The zero-order valence-electron chi connectivity index (χ0n) is 17.8. The van der Waals surface area contributed by atoms with Gasteiger partial charge in [0, 0.05) is 0 Å². The molecule has 160 valence electrons. The highest BCUT2D eigenvalue weighted by Gasteiger charge is 2.31. The summed E-state index contributed by atoms with van der Waals surface area (Å²) < 4.78 is 0. The zero-order chi connectivity index (χ0) is 22.2. The summed E-state index contributed by atoms with van der Waals surface area (Å²) >= 11 is 0. The molecule has 4 rings (SSSR count). The van der Waals surface area contributed by atoms with Crippen LogP contribution in [0.15, 0.2) is 127 Å². The normalized spacial score (nSPS) is 13.5. The molecule has 3 heteroatoms. The second-order valence-electron chi connectivity index (χ2n) is 7.72. The maximum atomic E-state index is 11.6. The molecule has 0 fully saturated rings. The van der Waals surface area contributed by atoms with Crippen molar-refractivity contribution >= 4 is 6.08 Å². The molecule has 0 saturated carbocycles. The van der Waals surface area contributed by atoms with E-state index in [1.165, 1.54) is 5.06 Å². The highest BCUT2D eigenvalue weighted by atomic mass is 16.5. The van der Waals surface area contributed by atoms with Crippen molar-refractivity contribution < 1.29 is 10.3 Å². The maximum Gasteiger partial charge on any atom is 0.100 e. The molecule has 0 saturated heterocycles. The summed E-state index contributed by atoms with van der Waals surface area (Å²) in [6.07, 6.45) is 2.88. The lowest BCUT2D eigenvalue weighted by Gasteiger charge is -2.35. The van der Waals surface area contributed by atoms with Gasteiger partial charge in [-0.25, -0.2) is 0 Å². The van der Waals surface area contributed by atoms with E-state index in [-0.39, 0.29) is 0 Å². The smallest absolute Gasteiger partial charge is 0.100 e. The molecule has 0 aliphatic carbocycles. The first kappa shape index (κ1) is 21.7. The van der Waals surface area contributed by atoms with E-state index in [1.54, 1.807) is 0 Å². The molecular formula is C29H27NO2. The van der Waals surface area contributed by atoms with Crippen LogP contribution in [0.5, 0.6) is 0 Å². The van der Waals surface area contributed by atoms with Crippen LogP contribution in [0.2, 0.25) is 0 Å². The van der Waals surface area contributed by atoms with Gasteiger partial charge in [0.2, 0.25) is 0 Å². The quantitative estimate of drug-likeness (QED) is 0.329. The predicted octanol–water partition coefficient (Wildman–Crippen LogP) is 6.28. The van der Waals surface area contributed by atoms with E-state index < -0.39 is 18.2 Å². The zero-order valence-corrected chi connectivity index (χ0v) is 17.8. The number of benzene rings is 4. The van der Waals surface area contributed by atoms with Gasteiger partial charge in [0.15, 0.2) is 0 Å². The fourth-order valence-corrected chi connectivity index (χ4v) is 3.90. The van der Waals surface area contributed by atoms with Crippen molar-refractivity contribution in [2.24, 2.45) is 0 Å². The van der Waals surface area contributed by atoms with E-state index >= 15 is 0 Å². The lowest BCUT2D eigenvalue weighted by atomic mass is 9.94. The number of nitrogens with zero attached hydrogens (tertiary/aromatic N) is 1. The van der Waals surface area contributed by atoms with E-state index in [9.17, 15) is 10.3 Å². The fraction of sp³-hybridized carbons (Fsp3) is 0.103. The van der Waals surface area contributed by atoms with Crippen molar-refractivity contribution in [2.75, 3.05) is 0 Å². The number of aliphatic hydroxyl groups excluding tert-OH is 1. The summed E-state index contributed by atoms with van der Waals surface area (Å²) in [6.45, 7) is 0. The van der Waals surface area contributed by atoms with Crippen LogP contribution in [0.25, 0.3) is 6.08 Å². The first-order valence-electron chi connectivity index (χ1n) is 10.8. The molecule has 0 aromatic heterocycles. The molecule has 3 nitrogen and oxygen atoms in total. The summed E-state index contributed by atoms with van der Waals surface area (Å²) in [5, 5.41) is 24.2. The minimum Gasteiger partial charge on any atom is -0.386 e. The Morgan fingerprint density at radius 1 is 0.562 bits per heavy atom. The summed E-state index contributed by atoms with van der Waals surface area (Å²) in [4.78, 5) is 0. The Morgan fingerprint density at radius 2 is 0.969 bits per heavy atom. The average Bonchev–Trinajstić information content (AvgIpc) is 2.87. The number of hydroxylamine groups is 2. The predicted molar refractivity (Wildman–Crippen MR) is 129 cm³/mol. The molecule has 0 radical (unpaired) electrons. The molecule has 0 aliphatic rings. The van der Waals surface area contributed by atoms with E-state index in [0.29, 0.717) is 0 Å². The molecule has 4 aromatic rings. The summed E-state index contributed by atoms with van der Waals surface area (Å²) in [5.41, 5.74) is 3.63. The van der Waals surface area contributed by atoms with E-state index in [1.807, 2.05) is 133 Å². The van der Waals surface area contributed by atoms with Crippen molar-refractivity contribution in [3.05, 3.63) is 150 Å². The molecular weight excluding hydrogens is 394 g/mol. The van der Waals surface area contributed by atoms with Gasteiger partial charge in [0.1, 0.15) is 6.10 Å². The Labute approximate surface area is 189 Å². The lowest BCUT2D eigenvalue weighted by molar-refractivity contribution is -0.163. The molecule has 0 aliphatic heterocycles. The molecule has 32 heavy (non-hydrogen) atoms. The van der Waals surface area contributed by atoms with E-state index in [2.05, 4.69) is 0 Å². The largest absolute Gasteiger partial charge is 0.386 e. The summed E-state index contributed by atoms with van der Waals surface area (Å²) in [5.74, 6) is 0. The Balaban J connectivity index is 1.76. The molecule has 1 unspecified atom stereocenters. The van der Waals surface area contributed by atoms with Gasteiger partial charge in [0.25, 0.3) is 0 Å². The van der Waals surface area contributed by atoms with Gasteiger partial charge in [-0.2, -0.15) is 5.06 Å². The first-order valence-corrected chi connectivity index (χ1v) is 10.8. The van der Waals surface area contributed by atoms with Crippen LogP contribution in [-0.4, -0.2) is 21.4 Å². The van der Waals surface area contributed by atoms with Crippen LogP contribution < -0.4 is 0 Å². The minimum atomic E-state index is -0.920. The Hall–Kier alpha value is -3.50. The Kier molecular flexibility index (Phi) is 7.26. The summed E-state index contributed by atoms with van der Waals surface area (Å²) in [7, 11) is 0. The minimum absolute atomic E-state index is 0.443. The van der Waals surface area contributed by atoms with Gasteiger partial charge in [-0.05, 0) is 22.3 Å². The number of hydrogen-bond donors (Lipinski definition) is 2. The second-order valence-corrected chi connectivity index (χ2v) is 7.72. The van der Waals surface area contributed by atoms with Crippen molar-refractivity contribution in [3.8, 4) is 0 Å². The Bertz CT molecular complexity index is 1060. The maximum absolute atomic E-state index is 11.6. The van der Waals surface area contributed by atoms with E-state index in [0.717, 1.165) is 22.3 Å². The van der Waals surface area contributed by atoms with Crippen molar-refractivity contribution in [1.82, 2.24) is 5.06 Å². The monoisotopic (exact) mass is 421 g/mol. The van der Waals surface area contributed by atoms with Gasteiger partial charge in [-0.15, -0.1) is 0 Å². The Morgan fingerprint density at radius 3 is 1.44 bits per heavy atom. The van der Waals surface area contributed by atoms with Crippen LogP contribution in [0.4, 0.5) is 0 Å². The van der Waals surface area contributed by atoms with Crippen LogP contribution in [0, 0.1) is 0 Å². The first-order chi connectivity index (χ1) is 15.7. The third-order valence-corrected chi connectivity index (χ3v) is 5.55. The van der Waals surface area contributed by atoms with Crippen molar-refractivity contribution in [2.45, 2.75) is 18.2 Å². The fourth-order valence-electron chi connectivity index (χ4n) is 3.90. The molecule has 0 bridgehead atoms. The third-order valence-electron chi connectivity index (χ3n) is 5.55. The van der Waals surface area contributed by atoms with Gasteiger partial charge in [0.05, 0.1) is 12.1 Å². The molecule has 0 amide bonds. The van der Waals surface area contributed by atoms with Crippen LogP contribution >= 0.6 is 0 Å². The highest BCUT2D eigenvalue weighted by molar-refractivity contribution is 5.50. The third kappa shape index (κ3) is 5.21. The van der Waals surface area contributed by atoms with Crippen LogP contribution in [0.1, 0.15) is 34.4 Å². The molecule has 0 spiro atoms. The SMILES string of the molecule is O[C@@H](c1ccccc1)C(/C=C/c1ccccc1)N(O)C(c1ccccc1)c1ccccc1. The lowest BCUT2D eigenvalue weighted by Crippen LogP contribution is -2.39. The topological polar surface area (TPSA) is 43.7 Å². The standard InChI is InChI=1S/C29H27NO2/c31-29(26-19-11-4-12-20-26)27(22-21-23-13-5-1-6-14-23)30(32)28(24-15-7-2-8-16-24)25-17-9-3-10-18-25/h1-22,27-29,31-32H/b22-21+/t27?,29-/m0/s1. The van der Waals surface area contributed by atoms with Crippen molar-refractivity contribution in [3.63, 3.8) is 0 Å². The van der Waals surface area contributed by atoms with E-state index in [4.69, 9.17) is 0 Å². The molecule has 2 N–H and O–H groups in total. The van der Waals surface area contributed by atoms with Gasteiger partial charge >= 0.3 is 0 Å². The van der Waals surface area contributed by atoms with Crippen LogP contribution in [-0.2, 0) is 0 Å². The highest BCUT2D eigenvalue weighted by Crippen LogP contribution is 2.33. The van der Waals surface area contributed by atoms with Gasteiger partial charge < -0.3 is 10.3 Å². The number of aliphatic hydroxyl groups is 1. The molecule has 4 aromatic carbocycles. The summed E-state index contributed by atoms with van der Waals surface area (Å²) in [6, 6.07) is 38.0. The number of rotatable bonds is 8. The number of hydrogen-bond acceptors (Lipinski definition) is 3. The molecule has 0 heterocycles. The van der Waals surface area contributed by atoms with Gasteiger partial charge in [-0.1, -0.05) is 133 Å². The average molecular weight is 422 g/mol. The van der Waals surface area contributed by atoms with Gasteiger partial charge in [-0.3, -0.25) is 0 Å².